The van der Waals surface area contributed by atoms with E-state index in [1.807, 2.05) is 18.4 Å². The number of likely N-dealkylation sites (N-methyl/N-ethyl adjacent to an activating group) is 1. The van der Waals surface area contributed by atoms with Gasteiger partial charge >= 0.3 is 0 Å². The van der Waals surface area contributed by atoms with Gasteiger partial charge in [0.1, 0.15) is 0 Å². The molecule has 0 saturated carbocycles. The summed E-state index contributed by atoms with van der Waals surface area (Å²) in [6.07, 6.45) is 1.11. The van der Waals surface area contributed by atoms with Crippen LogP contribution in [0.4, 0.5) is 0 Å². The first-order valence-electron chi connectivity index (χ1n) is 6.59. The standard InChI is InChI=1S/C14H26N2S/c1-9(2)7-12-13(10(3)4)17-14(16-12)11(5)8-15-6/h9-11,15H,7-8H2,1-6H3. The van der Waals surface area contributed by atoms with Crippen molar-refractivity contribution < 1.29 is 0 Å². The van der Waals surface area contributed by atoms with Gasteiger partial charge in [-0.25, -0.2) is 4.98 Å². The zero-order valence-electron chi connectivity index (χ0n) is 12.0. The lowest BCUT2D eigenvalue weighted by atomic mass is 10.0. The van der Waals surface area contributed by atoms with Crippen molar-refractivity contribution in [3.05, 3.63) is 15.6 Å². The zero-order valence-corrected chi connectivity index (χ0v) is 12.8. The summed E-state index contributed by atoms with van der Waals surface area (Å²) in [5, 5.41) is 4.52. The Morgan fingerprint density at radius 1 is 1.18 bits per heavy atom. The normalized spacial score (nSPS) is 13.6. The third-order valence-electron chi connectivity index (χ3n) is 2.80. The molecule has 1 aromatic heterocycles. The summed E-state index contributed by atoms with van der Waals surface area (Å²) < 4.78 is 0. The molecule has 0 radical (unpaired) electrons. The molecule has 1 aromatic rings. The minimum absolute atomic E-state index is 0.517. The van der Waals surface area contributed by atoms with Crippen molar-refractivity contribution >= 4 is 11.3 Å². The molecular weight excluding hydrogens is 228 g/mol. The molecule has 0 aliphatic rings. The van der Waals surface area contributed by atoms with Gasteiger partial charge in [0.15, 0.2) is 0 Å². The fourth-order valence-corrected chi connectivity index (χ4v) is 3.12. The SMILES string of the molecule is CNCC(C)c1nc(CC(C)C)c(C(C)C)s1. The maximum Gasteiger partial charge on any atom is 0.0972 e. The molecule has 0 saturated heterocycles. The maximum absolute atomic E-state index is 4.87. The Hall–Kier alpha value is -0.410. The fourth-order valence-electron chi connectivity index (χ4n) is 1.97. The highest BCUT2D eigenvalue weighted by Crippen LogP contribution is 2.31. The van der Waals surface area contributed by atoms with Crippen LogP contribution >= 0.6 is 11.3 Å². The van der Waals surface area contributed by atoms with E-state index in [9.17, 15) is 0 Å². The molecule has 0 spiro atoms. The molecule has 2 nitrogen and oxygen atoms in total. The van der Waals surface area contributed by atoms with E-state index in [1.165, 1.54) is 15.6 Å². The summed E-state index contributed by atoms with van der Waals surface area (Å²) in [6.45, 7) is 12.3. The summed E-state index contributed by atoms with van der Waals surface area (Å²) in [4.78, 5) is 6.35. The molecule has 0 aliphatic heterocycles. The third-order valence-corrected chi connectivity index (χ3v) is 4.43. The van der Waals surface area contributed by atoms with Crippen LogP contribution in [0.15, 0.2) is 0 Å². The van der Waals surface area contributed by atoms with E-state index in [1.54, 1.807) is 0 Å². The van der Waals surface area contributed by atoms with Gasteiger partial charge in [0, 0.05) is 17.3 Å². The van der Waals surface area contributed by atoms with E-state index >= 15 is 0 Å². The largest absolute Gasteiger partial charge is 0.319 e. The number of aromatic nitrogens is 1. The van der Waals surface area contributed by atoms with Crippen LogP contribution in [0.3, 0.4) is 0 Å². The second-order valence-corrected chi connectivity index (χ2v) is 6.64. The van der Waals surface area contributed by atoms with Crippen molar-refractivity contribution in [1.82, 2.24) is 10.3 Å². The second kappa shape index (κ2) is 6.50. The van der Waals surface area contributed by atoms with E-state index in [0.717, 1.165) is 13.0 Å². The highest BCUT2D eigenvalue weighted by molar-refractivity contribution is 7.11. The van der Waals surface area contributed by atoms with E-state index in [0.29, 0.717) is 17.8 Å². The molecule has 17 heavy (non-hydrogen) atoms. The van der Waals surface area contributed by atoms with Crippen LogP contribution in [0.5, 0.6) is 0 Å². The van der Waals surface area contributed by atoms with E-state index < -0.39 is 0 Å². The lowest BCUT2D eigenvalue weighted by Gasteiger charge is -2.06. The van der Waals surface area contributed by atoms with Crippen LogP contribution in [-0.2, 0) is 6.42 Å². The Balaban J connectivity index is 2.95. The van der Waals surface area contributed by atoms with Gasteiger partial charge in [0.25, 0.3) is 0 Å². The van der Waals surface area contributed by atoms with Crippen molar-refractivity contribution in [3.8, 4) is 0 Å². The molecule has 1 unspecified atom stereocenters. The van der Waals surface area contributed by atoms with Crippen molar-refractivity contribution in [2.75, 3.05) is 13.6 Å². The summed E-state index contributed by atoms with van der Waals surface area (Å²) in [7, 11) is 2.00. The van der Waals surface area contributed by atoms with Crippen molar-refractivity contribution in [3.63, 3.8) is 0 Å². The number of hydrogen-bond acceptors (Lipinski definition) is 3. The van der Waals surface area contributed by atoms with Crippen LogP contribution in [0.1, 0.15) is 62.0 Å². The average Bonchev–Trinajstić information content (AvgIpc) is 2.61. The maximum atomic E-state index is 4.87. The zero-order chi connectivity index (χ0) is 13.0. The Kier molecular flexibility index (Phi) is 5.60. The van der Waals surface area contributed by atoms with Crippen LogP contribution in [0.2, 0.25) is 0 Å². The van der Waals surface area contributed by atoms with Gasteiger partial charge in [-0.2, -0.15) is 0 Å². The van der Waals surface area contributed by atoms with Gasteiger partial charge in [0.05, 0.1) is 10.7 Å². The molecule has 1 atom stereocenters. The lowest BCUT2D eigenvalue weighted by molar-refractivity contribution is 0.622. The lowest BCUT2D eigenvalue weighted by Crippen LogP contribution is -2.14. The molecule has 98 valence electrons. The highest BCUT2D eigenvalue weighted by Gasteiger charge is 2.18. The Morgan fingerprint density at radius 2 is 1.82 bits per heavy atom. The summed E-state index contributed by atoms with van der Waals surface area (Å²) in [6, 6.07) is 0. The van der Waals surface area contributed by atoms with Gasteiger partial charge < -0.3 is 5.32 Å². The average molecular weight is 254 g/mol. The van der Waals surface area contributed by atoms with Gasteiger partial charge in [-0.15, -0.1) is 11.3 Å². The molecule has 0 bridgehead atoms. The monoisotopic (exact) mass is 254 g/mol. The first-order chi connectivity index (χ1) is 7.95. The van der Waals surface area contributed by atoms with Crippen molar-refractivity contribution in [2.45, 2.75) is 52.9 Å². The minimum Gasteiger partial charge on any atom is -0.319 e. The Bertz CT molecular complexity index is 342. The highest BCUT2D eigenvalue weighted by atomic mass is 32.1. The van der Waals surface area contributed by atoms with Gasteiger partial charge in [-0.1, -0.05) is 34.6 Å². The van der Waals surface area contributed by atoms with Crippen LogP contribution < -0.4 is 5.32 Å². The van der Waals surface area contributed by atoms with E-state index in [4.69, 9.17) is 4.98 Å². The molecule has 0 fully saturated rings. The number of rotatable bonds is 6. The Morgan fingerprint density at radius 3 is 2.29 bits per heavy atom. The molecule has 1 heterocycles. The quantitative estimate of drug-likeness (QED) is 0.835. The molecule has 3 heteroatoms. The molecule has 1 N–H and O–H groups in total. The van der Waals surface area contributed by atoms with Gasteiger partial charge in [0.2, 0.25) is 0 Å². The first-order valence-corrected chi connectivity index (χ1v) is 7.41. The van der Waals surface area contributed by atoms with Gasteiger partial charge in [-0.3, -0.25) is 0 Å². The number of thiazole rings is 1. The predicted octanol–water partition coefficient (Wildman–Crippen LogP) is 3.79. The molecule has 1 rings (SSSR count). The smallest absolute Gasteiger partial charge is 0.0972 e. The van der Waals surface area contributed by atoms with E-state index in [2.05, 4.69) is 39.9 Å². The fraction of sp³-hybridized carbons (Fsp3) is 0.786. The number of nitrogens with one attached hydrogen (secondary N) is 1. The third kappa shape index (κ3) is 4.07. The van der Waals surface area contributed by atoms with Crippen molar-refractivity contribution in [1.29, 1.82) is 0 Å². The second-order valence-electron chi connectivity index (χ2n) is 5.57. The summed E-state index contributed by atoms with van der Waals surface area (Å²) in [5.41, 5.74) is 1.33. The topological polar surface area (TPSA) is 24.9 Å². The summed E-state index contributed by atoms with van der Waals surface area (Å²) >= 11 is 1.91. The van der Waals surface area contributed by atoms with Crippen LogP contribution in [-0.4, -0.2) is 18.6 Å². The summed E-state index contributed by atoms with van der Waals surface area (Å²) in [5.74, 6) is 1.79. The van der Waals surface area contributed by atoms with Crippen LogP contribution in [0.25, 0.3) is 0 Å². The van der Waals surface area contributed by atoms with Crippen LogP contribution in [0, 0.1) is 5.92 Å². The van der Waals surface area contributed by atoms with Gasteiger partial charge in [-0.05, 0) is 25.3 Å². The molecule has 0 amide bonds. The minimum atomic E-state index is 0.517. The predicted molar refractivity (Wildman–Crippen MR) is 77.1 cm³/mol. The molecule has 0 aliphatic carbocycles. The van der Waals surface area contributed by atoms with Crippen molar-refractivity contribution in [2.24, 2.45) is 5.92 Å². The Labute approximate surface area is 110 Å². The molecule has 0 aromatic carbocycles. The molecular formula is C14H26N2S. The first kappa shape index (κ1) is 14.7. The number of nitrogens with zero attached hydrogens (tertiary/aromatic N) is 1. The van der Waals surface area contributed by atoms with E-state index in [-0.39, 0.29) is 0 Å². The number of hydrogen-bond donors (Lipinski definition) is 1.